The van der Waals surface area contributed by atoms with Crippen molar-refractivity contribution in [2.45, 2.75) is 25.6 Å². The number of fused-ring (bicyclic) bond motifs is 3. The lowest BCUT2D eigenvalue weighted by Gasteiger charge is -2.49. The Balaban J connectivity index is 1.34. The van der Waals surface area contributed by atoms with Gasteiger partial charge in [0.05, 0.1) is 12.0 Å². The number of rotatable bonds is 5. The van der Waals surface area contributed by atoms with Gasteiger partial charge >= 0.3 is 0 Å². The summed E-state index contributed by atoms with van der Waals surface area (Å²) < 4.78 is 0. The maximum Gasteiger partial charge on any atom is 0.225 e. The summed E-state index contributed by atoms with van der Waals surface area (Å²) in [5.41, 5.74) is 4.94. The van der Waals surface area contributed by atoms with Crippen molar-refractivity contribution in [3.63, 3.8) is 0 Å². The first kappa shape index (κ1) is 21.0. The molecule has 4 nitrogen and oxygen atoms in total. The van der Waals surface area contributed by atoms with E-state index >= 15 is 0 Å². The summed E-state index contributed by atoms with van der Waals surface area (Å²) in [5.74, 6) is 0.0772. The highest BCUT2D eigenvalue weighted by Gasteiger charge is 2.41. The Hall–Kier alpha value is -2.82. The fraction of sp³-hybridized carbons (Fsp3) is 0.296. The second-order valence-electron chi connectivity index (χ2n) is 8.77. The van der Waals surface area contributed by atoms with Crippen LogP contribution in [0.5, 0.6) is 0 Å². The van der Waals surface area contributed by atoms with Crippen LogP contribution in [0.25, 0.3) is 0 Å². The Kier molecular flexibility index (Phi) is 6.15. The Morgan fingerprint density at radius 3 is 2.47 bits per heavy atom. The van der Waals surface area contributed by atoms with Crippen LogP contribution >= 0.6 is 11.6 Å². The molecule has 0 spiro atoms. The van der Waals surface area contributed by atoms with Crippen molar-refractivity contribution in [3.8, 4) is 0 Å². The van der Waals surface area contributed by atoms with Crippen LogP contribution in [0.2, 0.25) is 5.02 Å². The van der Waals surface area contributed by atoms with Gasteiger partial charge < -0.3 is 10.2 Å². The third kappa shape index (κ3) is 4.52. The number of amides is 1. The Labute approximate surface area is 194 Å². The summed E-state index contributed by atoms with van der Waals surface area (Å²) in [7, 11) is 0. The molecule has 0 aromatic heterocycles. The number of hydrogen-bond acceptors (Lipinski definition) is 3. The highest BCUT2D eigenvalue weighted by molar-refractivity contribution is 6.30. The van der Waals surface area contributed by atoms with Gasteiger partial charge in [-0.15, -0.1) is 0 Å². The predicted octanol–water partition coefficient (Wildman–Crippen LogP) is 4.52. The van der Waals surface area contributed by atoms with Crippen LogP contribution in [-0.2, 0) is 24.3 Å². The standard InChI is InChI=1S/C27H28ClN3O/c28-23-12-10-21(11-13-23)18-30-14-15-31-25-9-5-4-8-22(25)16-24(26(31)19-30)27(32)29-17-20-6-2-1-3-7-20/h1-13,24,26H,14-19H2,(H,29,32)/t24-,26+/m1/s1. The summed E-state index contributed by atoms with van der Waals surface area (Å²) in [6, 6.07) is 26.9. The Morgan fingerprint density at radius 2 is 1.66 bits per heavy atom. The SMILES string of the molecule is O=C(NCc1ccccc1)[C@@H]1Cc2ccccc2N2CCN(Cc3ccc(Cl)cc3)C[C@@H]12. The molecule has 2 aliphatic heterocycles. The third-order valence-electron chi connectivity index (χ3n) is 6.67. The second kappa shape index (κ2) is 9.35. The average Bonchev–Trinajstić information content (AvgIpc) is 2.84. The number of hydrogen-bond donors (Lipinski definition) is 1. The summed E-state index contributed by atoms with van der Waals surface area (Å²) in [6.07, 6.45) is 0.784. The number of nitrogens with zero attached hydrogens (tertiary/aromatic N) is 2. The molecular formula is C27H28ClN3O. The minimum absolute atomic E-state index is 0.0679. The molecule has 3 aromatic carbocycles. The smallest absolute Gasteiger partial charge is 0.225 e. The third-order valence-corrected chi connectivity index (χ3v) is 6.93. The van der Waals surface area contributed by atoms with E-state index in [1.54, 1.807) is 0 Å². The largest absolute Gasteiger partial charge is 0.365 e. The van der Waals surface area contributed by atoms with Crippen molar-refractivity contribution in [1.82, 2.24) is 10.2 Å². The Morgan fingerprint density at radius 1 is 0.906 bits per heavy atom. The van der Waals surface area contributed by atoms with Gasteiger partial charge in [-0.25, -0.2) is 0 Å². The molecule has 2 heterocycles. The molecule has 3 aromatic rings. The maximum absolute atomic E-state index is 13.4. The molecule has 0 radical (unpaired) electrons. The van der Waals surface area contributed by atoms with Crippen molar-refractivity contribution in [2.75, 3.05) is 24.5 Å². The van der Waals surface area contributed by atoms with Crippen molar-refractivity contribution >= 4 is 23.2 Å². The van der Waals surface area contributed by atoms with E-state index in [9.17, 15) is 4.79 Å². The zero-order valence-electron chi connectivity index (χ0n) is 18.1. The van der Waals surface area contributed by atoms with E-state index in [2.05, 4.69) is 63.6 Å². The molecule has 32 heavy (non-hydrogen) atoms. The average molecular weight is 446 g/mol. The zero-order valence-corrected chi connectivity index (χ0v) is 18.8. The number of piperazine rings is 1. The number of halogens is 1. The molecule has 1 saturated heterocycles. The molecule has 0 aliphatic carbocycles. The summed E-state index contributed by atoms with van der Waals surface area (Å²) in [4.78, 5) is 18.3. The first-order valence-corrected chi connectivity index (χ1v) is 11.7. The molecule has 2 atom stereocenters. The Bertz CT molecular complexity index is 1070. The van der Waals surface area contributed by atoms with Gasteiger partial charge in [-0.1, -0.05) is 72.3 Å². The lowest BCUT2D eigenvalue weighted by atomic mass is 9.83. The second-order valence-corrected chi connectivity index (χ2v) is 9.20. The lowest BCUT2D eigenvalue weighted by molar-refractivity contribution is -0.126. The fourth-order valence-electron chi connectivity index (χ4n) is 5.02. The molecule has 2 aliphatic rings. The highest BCUT2D eigenvalue weighted by atomic mass is 35.5. The molecule has 0 saturated carbocycles. The van der Waals surface area contributed by atoms with Gasteiger partial charge in [0.25, 0.3) is 0 Å². The highest BCUT2D eigenvalue weighted by Crippen LogP contribution is 2.36. The van der Waals surface area contributed by atoms with Gasteiger partial charge in [0.2, 0.25) is 5.91 Å². The zero-order chi connectivity index (χ0) is 21.9. The van der Waals surface area contributed by atoms with Crippen LogP contribution in [-0.4, -0.2) is 36.5 Å². The minimum atomic E-state index is -0.0679. The normalized spacial score (nSPS) is 20.3. The van der Waals surface area contributed by atoms with Crippen LogP contribution in [0.3, 0.4) is 0 Å². The van der Waals surface area contributed by atoms with E-state index in [-0.39, 0.29) is 17.9 Å². The molecule has 1 N–H and O–H groups in total. The summed E-state index contributed by atoms with van der Waals surface area (Å²) in [5, 5.41) is 3.97. The molecule has 5 rings (SSSR count). The molecule has 5 heteroatoms. The van der Waals surface area contributed by atoms with Crippen molar-refractivity contribution in [1.29, 1.82) is 0 Å². The molecular weight excluding hydrogens is 418 g/mol. The molecule has 0 unspecified atom stereocenters. The van der Waals surface area contributed by atoms with Gasteiger partial charge in [-0.3, -0.25) is 9.69 Å². The molecule has 1 amide bonds. The van der Waals surface area contributed by atoms with Gasteiger partial charge in [-0.2, -0.15) is 0 Å². The van der Waals surface area contributed by atoms with Gasteiger partial charge in [-0.05, 0) is 41.3 Å². The van der Waals surface area contributed by atoms with Crippen LogP contribution < -0.4 is 10.2 Å². The van der Waals surface area contributed by atoms with Crippen LogP contribution in [0.1, 0.15) is 16.7 Å². The van der Waals surface area contributed by atoms with Gasteiger partial charge in [0.15, 0.2) is 0 Å². The number of carbonyl (C=O) groups excluding carboxylic acids is 1. The summed E-state index contributed by atoms with van der Waals surface area (Å²) in [6.45, 7) is 4.23. The topological polar surface area (TPSA) is 35.6 Å². The molecule has 164 valence electrons. The van der Waals surface area contributed by atoms with E-state index in [1.165, 1.54) is 16.8 Å². The first-order chi connectivity index (χ1) is 15.7. The van der Waals surface area contributed by atoms with Crippen molar-refractivity contribution < 1.29 is 4.79 Å². The van der Waals surface area contributed by atoms with Crippen LogP contribution in [0.15, 0.2) is 78.9 Å². The molecule has 1 fully saturated rings. The quantitative estimate of drug-likeness (QED) is 0.627. The van der Waals surface area contributed by atoms with E-state index < -0.39 is 0 Å². The van der Waals surface area contributed by atoms with E-state index in [4.69, 9.17) is 11.6 Å². The summed E-state index contributed by atoms with van der Waals surface area (Å²) >= 11 is 6.06. The maximum atomic E-state index is 13.4. The van der Waals surface area contributed by atoms with Gasteiger partial charge in [0, 0.05) is 43.4 Å². The predicted molar refractivity (Wildman–Crippen MR) is 130 cm³/mol. The molecule has 0 bridgehead atoms. The van der Waals surface area contributed by atoms with Crippen molar-refractivity contribution in [2.24, 2.45) is 5.92 Å². The van der Waals surface area contributed by atoms with Crippen molar-refractivity contribution in [3.05, 3.63) is 101 Å². The number of para-hydroxylation sites is 1. The van der Waals surface area contributed by atoms with Gasteiger partial charge in [0.1, 0.15) is 0 Å². The fourth-order valence-corrected chi connectivity index (χ4v) is 5.15. The number of nitrogens with one attached hydrogen (secondary N) is 1. The van der Waals surface area contributed by atoms with Crippen LogP contribution in [0, 0.1) is 5.92 Å². The number of anilines is 1. The first-order valence-electron chi connectivity index (χ1n) is 11.3. The van der Waals surface area contributed by atoms with E-state index in [1.807, 2.05) is 30.3 Å². The van der Waals surface area contributed by atoms with E-state index in [0.29, 0.717) is 6.54 Å². The number of carbonyl (C=O) groups is 1. The van der Waals surface area contributed by atoms with Crippen LogP contribution in [0.4, 0.5) is 5.69 Å². The number of benzene rings is 3. The lowest BCUT2D eigenvalue weighted by Crippen LogP contribution is -2.60. The monoisotopic (exact) mass is 445 g/mol. The minimum Gasteiger partial charge on any atom is -0.365 e. The van der Waals surface area contributed by atoms with E-state index in [0.717, 1.165) is 43.2 Å².